The minimum Gasteiger partial charge on any atom is -0.496 e. The van der Waals surface area contributed by atoms with Crippen molar-refractivity contribution in [3.05, 3.63) is 29.3 Å². The van der Waals surface area contributed by atoms with Gasteiger partial charge in [0.15, 0.2) is 5.96 Å². The van der Waals surface area contributed by atoms with Crippen LogP contribution in [0, 0.1) is 0 Å². The van der Waals surface area contributed by atoms with Crippen LogP contribution in [-0.2, 0) is 16.0 Å². The molecule has 0 saturated carbocycles. The van der Waals surface area contributed by atoms with E-state index in [1.54, 1.807) is 19.2 Å². The Balaban J connectivity index is 2.81. The van der Waals surface area contributed by atoms with Crippen LogP contribution in [-0.4, -0.2) is 53.0 Å². The summed E-state index contributed by atoms with van der Waals surface area (Å²) in [5.74, 6) is 0.758. The van der Waals surface area contributed by atoms with Crippen LogP contribution >= 0.6 is 0 Å². The molecule has 0 aromatic heterocycles. The quantitative estimate of drug-likeness (QED) is 0.324. The molecule has 0 saturated heterocycles. The fourth-order valence-electron chi connectivity index (χ4n) is 1.90. The summed E-state index contributed by atoms with van der Waals surface area (Å²) in [7, 11) is 4.51. The van der Waals surface area contributed by atoms with Crippen LogP contribution in [0.15, 0.2) is 23.2 Å². The monoisotopic (exact) mass is 323 g/mol. The SMILES string of the molecule is CCNC(=NCc1ccc(C(=O)OC)c(OC)c1)NCCOC. The van der Waals surface area contributed by atoms with Gasteiger partial charge in [-0.1, -0.05) is 6.07 Å². The number of nitrogens with one attached hydrogen (secondary N) is 2. The van der Waals surface area contributed by atoms with Gasteiger partial charge in [0.2, 0.25) is 0 Å². The van der Waals surface area contributed by atoms with Crippen LogP contribution in [0.25, 0.3) is 0 Å². The Kier molecular flexibility index (Phi) is 8.52. The lowest BCUT2D eigenvalue weighted by molar-refractivity contribution is 0.0597. The number of hydrogen-bond donors (Lipinski definition) is 2. The third kappa shape index (κ3) is 6.15. The lowest BCUT2D eigenvalue weighted by Crippen LogP contribution is -2.38. The Bertz CT molecular complexity index is 532. The van der Waals surface area contributed by atoms with E-state index < -0.39 is 5.97 Å². The Morgan fingerprint density at radius 1 is 1.22 bits per heavy atom. The van der Waals surface area contributed by atoms with Crippen LogP contribution in [0.1, 0.15) is 22.8 Å². The largest absolute Gasteiger partial charge is 0.496 e. The molecule has 0 unspecified atom stereocenters. The smallest absolute Gasteiger partial charge is 0.341 e. The predicted molar refractivity (Wildman–Crippen MR) is 89.0 cm³/mol. The van der Waals surface area contributed by atoms with E-state index in [0.717, 1.165) is 12.1 Å². The van der Waals surface area contributed by atoms with Gasteiger partial charge in [-0.25, -0.2) is 9.79 Å². The van der Waals surface area contributed by atoms with Crippen molar-refractivity contribution in [3.8, 4) is 5.75 Å². The molecular formula is C16H25N3O4. The van der Waals surface area contributed by atoms with E-state index in [-0.39, 0.29) is 0 Å². The maximum absolute atomic E-state index is 11.6. The van der Waals surface area contributed by atoms with Gasteiger partial charge in [0, 0.05) is 20.2 Å². The minimum absolute atomic E-state index is 0.396. The summed E-state index contributed by atoms with van der Waals surface area (Å²) in [6, 6.07) is 5.30. The number of hydrogen-bond acceptors (Lipinski definition) is 5. The number of rotatable bonds is 8. The van der Waals surface area contributed by atoms with Gasteiger partial charge in [0.25, 0.3) is 0 Å². The number of ether oxygens (including phenoxy) is 3. The number of esters is 1. The first-order valence-corrected chi connectivity index (χ1v) is 7.42. The Hall–Kier alpha value is -2.28. The standard InChI is InChI=1S/C16H25N3O4/c1-5-17-16(18-8-9-21-2)19-11-12-6-7-13(15(20)23-4)14(10-12)22-3/h6-7,10H,5,8-9,11H2,1-4H3,(H2,17,18,19). The third-order valence-electron chi connectivity index (χ3n) is 3.03. The molecule has 0 aliphatic rings. The average molecular weight is 323 g/mol. The number of benzene rings is 1. The predicted octanol–water partition coefficient (Wildman–Crippen LogP) is 1.18. The molecule has 0 amide bonds. The highest BCUT2D eigenvalue weighted by Gasteiger charge is 2.12. The fourth-order valence-corrected chi connectivity index (χ4v) is 1.90. The molecule has 0 spiro atoms. The lowest BCUT2D eigenvalue weighted by atomic mass is 10.1. The molecule has 0 atom stereocenters. The Morgan fingerprint density at radius 3 is 2.61 bits per heavy atom. The highest BCUT2D eigenvalue weighted by Crippen LogP contribution is 2.21. The van der Waals surface area contributed by atoms with Crippen molar-refractivity contribution in [2.75, 3.05) is 41.0 Å². The Labute approximate surface area is 137 Å². The van der Waals surface area contributed by atoms with E-state index in [1.165, 1.54) is 14.2 Å². The molecule has 128 valence electrons. The first kappa shape index (κ1) is 18.8. The molecule has 0 bridgehead atoms. The highest BCUT2D eigenvalue weighted by atomic mass is 16.5. The topological polar surface area (TPSA) is 81.2 Å². The van der Waals surface area contributed by atoms with Crippen molar-refractivity contribution >= 4 is 11.9 Å². The van der Waals surface area contributed by atoms with E-state index in [4.69, 9.17) is 14.2 Å². The van der Waals surface area contributed by atoms with Crippen LogP contribution < -0.4 is 15.4 Å². The molecule has 23 heavy (non-hydrogen) atoms. The van der Waals surface area contributed by atoms with Crippen LogP contribution in [0.4, 0.5) is 0 Å². The van der Waals surface area contributed by atoms with Gasteiger partial charge in [-0.2, -0.15) is 0 Å². The van der Waals surface area contributed by atoms with Gasteiger partial charge in [0.05, 0.1) is 27.4 Å². The van der Waals surface area contributed by atoms with Crippen LogP contribution in [0.3, 0.4) is 0 Å². The van der Waals surface area contributed by atoms with Crippen LogP contribution in [0.2, 0.25) is 0 Å². The summed E-state index contributed by atoms with van der Waals surface area (Å²) >= 11 is 0. The molecule has 7 heteroatoms. The number of guanidine groups is 1. The highest BCUT2D eigenvalue weighted by molar-refractivity contribution is 5.92. The van der Waals surface area contributed by atoms with Gasteiger partial charge in [-0.05, 0) is 24.6 Å². The zero-order valence-electron chi connectivity index (χ0n) is 14.1. The van der Waals surface area contributed by atoms with Crippen molar-refractivity contribution in [1.82, 2.24) is 10.6 Å². The molecule has 7 nitrogen and oxygen atoms in total. The summed E-state index contributed by atoms with van der Waals surface area (Å²) in [6.07, 6.45) is 0. The number of aliphatic imine (C=N–C) groups is 1. The van der Waals surface area contributed by atoms with E-state index >= 15 is 0 Å². The average Bonchev–Trinajstić information content (AvgIpc) is 2.58. The van der Waals surface area contributed by atoms with Gasteiger partial charge < -0.3 is 24.8 Å². The third-order valence-corrected chi connectivity index (χ3v) is 3.03. The van der Waals surface area contributed by atoms with Gasteiger partial charge in [0.1, 0.15) is 11.3 Å². The number of methoxy groups -OCH3 is 3. The van der Waals surface area contributed by atoms with Crippen molar-refractivity contribution in [1.29, 1.82) is 0 Å². The molecule has 0 radical (unpaired) electrons. The van der Waals surface area contributed by atoms with Crippen molar-refractivity contribution in [2.24, 2.45) is 4.99 Å². The number of carbonyl (C=O) groups is 1. The summed E-state index contributed by atoms with van der Waals surface area (Å²) in [5.41, 5.74) is 1.33. The molecule has 2 N–H and O–H groups in total. The second-order valence-electron chi connectivity index (χ2n) is 4.64. The van der Waals surface area contributed by atoms with Gasteiger partial charge >= 0.3 is 5.97 Å². The van der Waals surface area contributed by atoms with Crippen molar-refractivity contribution in [3.63, 3.8) is 0 Å². The second kappa shape index (κ2) is 10.4. The normalized spacial score (nSPS) is 11.0. The molecule has 1 aromatic carbocycles. The summed E-state index contributed by atoms with van der Waals surface area (Å²) in [6.45, 7) is 4.50. The minimum atomic E-state index is -0.425. The first-order valence-electron chi connectivity index (χ1n) is 7.42. The summed E-state index contributed by atoms with van der Waals surface area (Å²) in [4.78, 5) is 16.1. The number of nitrogens with zero attached hydrogens (tertiary/aromatic N) is 1. The lowest BCUT2D eigenvalue weighted by Gasteiger charge is -2.11. The zero-order chi connectivity index (χ0) is 17.1. The molecule has 1 rings (SSSR count). The second-order valence-corrected chi connectivity index (χ2v) is 4.64. The molecule has 0 heterocycles. The molecule has 0 fully saturated rings. The van der Waals surface area contributed by atoms with Crippen molar-refractivity contribution in [2.45, 2.75) is 13.5 Å². The van der Waals surface area contributed by atoms with Crippen LogP contribution in [0.5, 0.6) is 5.75 Å². The molecular weight excluding hydrogens is 298 g/mol. The van der Waals surface area contributed by atoms with Gasteiger partial charge in [-0.3, -0.25) is 0 Å². The maximum Gasteiger partial charge on any atom is 0.341 e. The van der Waals surface area contributed by atoms with E-state index in [1.807, 2.05) is 13.0 Å². The zero-order valence-corrected chi connectivity index (χ0v) is 14.1. The fraction of sp³-hybridized carbons (Fsp3) is 0.500. The van der Waals surface area contributed by atoms with E-state index in [0.29, 0.717) is 37.0 Å². The van der Waals surface area contributed by atoms with E-state index in [9.17, 15) is 4.79 Å². The molecule has 1 aromatic rings. The molecule has 0 aliphatic heterocycles. The molecule has 0 aliphatic carbocycles. The number of carbonyl (C=O) groups excluding carboxylic acids is 1. The summed E-state index contributed by atoms with van der Waals surface area (Å²) in [5, 5.41) is 6.32. The van der Waals surface area contributed by atoms with E-state index in [2.05, 4.69) is 15.6 Å². The maximum atomic E-state index is 11.6. The Morgan fingerprint density at radius 2 is 2.00 bits per heavy atom. The van der Waals surface area contributed by atoms with Crippen molar-refractivity contribution < 1.29 is 19.0 Å². The first-order chi connectivity index (χ1) is 11.2. The van der Waals surface area contributed by atoms with Gasteiger partial charge in [-0.15, -0.1) is 0 Å². The summed E-state index contributed by atoms with van der Waals surface area (Å²) < 4.78 is 15.0.